The summed E-state index contributed by atoms with van der Waals surface area (Å²) < 4.78 is 0. The standard InChI is InChI=1S/C11H18N6O6/c12-7(19)1-14-9(21)3-16-11(23)5-17-10(22)4-15-8(20)2-13-6-18/h6H,1-5H2,(H2,12,19)(H,13,18)(H,14,21)(H,15,20)(H,16,23)(H,17,22). The molecule has 0 aromatic heterocycles. The Morgan fingerprint density at radius 3 is 1.35 bits per heavy atom. The number of carbonyl (C=O) groups is 6. The van der Waals surface area contributed by atoms with E-state index in [4.69, 9.17) is 5.73 Å². The number of primary amides is 1. The molecular formula is C11H18N6O6. The van der Waals surface area contributed by atoms with Crippen LogP contribution in [0.2, 0.25) is 0 Å². The highest BCUT2D eigenvalue weighted by Crippen LogP contribution is 1.71. The zero-order valence-electron chi connectivity index (χ0n) is 12.1. The van der Waals surface area contributed by atoms with Gasteiger partial charge in [-0.2, -0.15) is 0 Å². The Hall–Kier alpha value is -3.18. The van der Waals surface area contributed by atoms with Gasteiger partial charge in [-0.05, 0) is 0 Å². The molecule has 12 heteroatoms. The van der Waals surface area contributed by atoms with Crippen molar-refractivity contribution in [3.05, 3.63) is 0 Å². The van der Waals surface area contributed by atoms with Gasteiger partial charge in [0.05, 0.1) is 32.7 Å². The average Bonchev–Trinajstić information content (AvgIpc) is 2.52. The van der Waals surface area contributed by atoms with Crippen molar-refractivity contribution in [1.82, 2.24) is 26.6 Å². The fourth-order valence-electron chi connectivity index (χ4n) is 1.11. The lowest BCUT2D eigenvalue weighted by molar-refractivity contribution is -0.129. The van der Waals surface area contributed by atoms with Crippen LogP contribution in [0, 0.1) is 0 Å². The highest BCUT2D eigenvalue weighted by atomic mass is 16.2. The van der Waals surface area contributed by atoms with E-state index in [0.717, 1.165) is 0 Å². The van der Waals surface area contributed by atoms with Crippen molar-refractivity contribution >= 4 is 35.9 Å². The van der Waals surface area contributed by atoms with E-state index in [1.54, 1.807) is 0 Å². The Labute approximate surface area is 130 Å². The van der Waals surface area contributed by atoms with Crippen LogP contribution >= 0.6 is 0 Å². The second-order valence-electron chi connectivity index (χ2n) is 4.07. The van der Waals surface area contributed by atoms with Crippen molar-refractivity contribution in [1.29, 1.82) is 0 Å². The third-order valence-corrected chi connectivity index (χ3v) is 2.14. The first-order valence-electron chi connectivity index (χ1n) is 6.37. The minimum Gasteiger partial charge on any atom is -0.368 e. The van der Waals surface area contributed by atoms with Gasteiger partial charge in [0.2, 0.25) is 35.9 Å². The van der Waals surface area contributed by atoms with Crippen LogP contribution in [0.1, 0.15) is 0 Å². The van der Waals surface area contributed by atoms with Crippen LogP contribution in [0.5, 0.6) is 0 Å². The van der Waals surface area contributed by atoms with E-state index in [1.165, 1.54) is 0 Å². The van der Waals surface area contributed by atoms with Crippen LogP contribution in [-0.2, 0) is 28.8 Å². The lowest BCUT2D eigenvalue weighted by Gasteiger charge is -2.08. The Bertz CT molecular complexity index is 480. The molecule has 0 fully saturated rings. The van der Waals surface area contributed by atoms with E-state index in [-0.39, 0.29) is 26.2 Å². The number of nitrogens with two attached hydrogens (primary N) is 1. The molecule has 6 amide bonds. The third kappa shape index (κ3) is 12.3. The van der Waals surface area contributed by atoms with E-state index in [1.807, 2.05) is 0 Å². The van der Waals surface area contributed by atoms with Gasteiger partial charge >= 0.3 is 0 Å². The summed E-state index contributed by atoms with van der Waals surface area (Å²) in [6.45, 7) is -1.76. The first-order chi connectivity index (χ1) is 10.8. The maximum atomic E-state index is 11.3. The Morgan fingerprint density at radius 1 is 0.652 bits per heavy atom. The van der Waals surface area contributed by atoms with Crippen LogP contribution in [0.25, 0.3) is 0 Å². The van der Waals surface area contributed by atoms with Crippen LogP contribution in [0.4, 0.5) is 0 Å². The third-order valence-electron chi connectivity index (χ3n) is 2.14. The number of rotatable bonds is 11. The van der Waals surface area contributed by atoms with Gasteiger partial charge in [0, 0.05) is 0 Å². The second kappa shape index (κ2) is 11.5. The number of amides is 6. The molecule has 0 aliphatic rings. The molecule has 0 radical (unpaired) electrons. The van der Waals surface area contributed by atoms with Crippen molar-refractivity contribution in [2.75, 3.05) is 32.7 Å². The first-order valence-corrected chi connectivity index (χ1v) is 6.37. The van der Waals surface area contributed by atoms with Gasteiger partial charge in [-0.15, -0.1) is 0 Å². The molecule has 0 spiro atoms. The van der Waals surface area contributed by atoms with E-state index < -0.39 is 36.1 Å². The molecule has 128 valence electrons. The van der Waals surface area contributed by atoms with Crippen molar-refractivity contribution < 1.29 is 28.8 Å². The van der Waals surface area contributed by atoms with Gasteiger partial charge in [0.25, 0.3) is 0 Å². The van der Waals surface area contributed by atoms with Gasteiger partial charge in [0.15, 0.2) is 0 Å². The second-order valence-corrected chi connectivity index (χ2v) is 4.07. The molecule has 0 aromatic rings. The fraction of sp³-hybridized carbons (Fsp3) is 0.455. The van der Waals surface area contributed by atoms with Crippen molar-refractivity contribution in [2.24, 2.45) is 5.73 Å². The molecule has 0 aromatic carbocycles. The molecule has 12 nitrogen and oxygen atoms in total. The minimum absolute atomic E-state index is 0.266. The Morgan fingerprint density at radius 2 is 1.00 bits per heavy atom. The largest absolute Gasteiger partial charge is 0.368 e. The summed E-state index contributed by atoms with van der Waals surface area (Å²) >= 11 is 0. The molecule has 0 aliphatic heterocycles. The zero-order chi connectivity index (χ0) is 17.7. The minimum atomic E-state index is -0.720. The van der Waals surface area contributed by atoms with Crippen LogP contribution in [-0.4, -0.2) is 68.7 Å². The van der Waals surface area contributed by atoms with Gasteiger partial charge < -0.3 is 32.3 Å². The lowest BCUT2D eigenvalue weighted by Crippen LogP contribution is -2.45. The molecule has 0 atom stereocenters. The topological polar surface area (TPSA) is 189 Å². The van der Waals surface area contributed by atoms with Crippen molar-refractivity contribution in [3.63, 3.8) is 0 Å². The molecule has 23 heavy (non-hydrogen) atoms. The summed E-state index contributed by atoms with van der Waals surface area (Å²) in [4.78, 5) is 65.2. The van der Waals surface area contributed by atoms with E-state index >= 15 is 0 Å². The monoisotopic (exact) mass is 330 g/mol. The van der Waals surface area contributed by atoms with Crippen LogP contribution in [0.3, 0.4) is 0 Å². The fourth-order valence-corrected chi connectivity index (χ4v) is 1.11. The van der Waals surface area contributed by atoms with Gasteiger partial charge in [-0.1, -0.05) is 0 Å². The summed E-state index contributed by atoms with van der Waals surface area (Å²) in [5.41, 5.74) is 4.81. The van der Waals surface area contributed by atoms with E-state index in [2.05, 4.69) is 26.6 Å². The maximum Gasteiger partial charge on any atom is 0.239 e. The maximum absolute atomic E-state index is 11.3. The van der Waals surface area contributed by atoms with Crippen molar-refractivity contribution in [3.8, 4) is 0 Å². The van der Waals surface area contributed by atoms with E-state index in [9.17, 15) is 28.8 Å². The predicted molar refractivity (Wildman–Crippen MR) is 75.3 cm³/mol. The van der Waals surface area contributed by atoms with Gasteiger partial charge in [0.1, 0.15) is 0 Å². The quantitative estimate of drug-likeness (QED) is 0.205. The molecule has 0 rings (SSSR count). The average molecular weight is 330 g/mol. The highest BCUT2D eigenvalue weighted by molar-refractivity contribution is 5.91. The van der Waals surface area contributed by atoms with Gasteiger partial charge in [-0.25, -0.2) is 0 Å². The molecular weight excluding hydrogens is 312 g/mol. The predicted octanol–water partition coefficient (Wildman–Crippen LogP) is -5.32. The summed E-state index contributed by atoms with van der Waals surface area (Å²) in [6, 6.07) is 0. The number of nitrogens with one attached hydrogen (secondary N) is 5. The normalized spacial score (nSPS) is 9.22. The first kappa shape index (κ1) is 19.8. The molecule has 0 aliphatic carbocycles. The smallest absolute Gasteiger partial charge is 0.239 e. The lowest BCUT2D eigenvalue weighted by atomic mass is 10.4. The molecule has 7 N–H and O–H groups in total. The zero-order valence-corrected chi connectivity index (χ0v) is 12.1. The highest BCUT2D eigenvalue weighted by Gasteiger charge is 2.09. The van der Waals surface area contributed by atoms with Crippen molar-refractivity contribution in [2.45, 2.75) is 0 Å². The summed E-state index contributed by atoms with van der Waals surface area (Å²) in [5, 5.41) is 10.9. The molecule has 0 bridgehead atoms. The van der Waals surface area contributed by atoms with Crippen LogP contribution < -0.4 is 32.3 Å². The molecule has 0 saturated heterocycles. The molecule has 0 unspecified atom stereocenters. The van der Waals surface area contributed by atoms with Gasteiger partial charge in [-0.3, -0.25) is 28.8 Å². The number of carbonyl (C=O) groups excluding carboxylic acids is 6. The molecule has 0 heterocycles. The summed E-state index contributed by atoms with van der Waals surface area (Å²) in [7, 11) is 0. The summed E-state index contributed by atoms with van der Waals surface area (Å²) in [5.74, 6) is -3.16. The summed E-state index contributed by atoms with van der Waals surface area (Å²) in [6.07, 6.45) is 0.337. The molecule has 0 saturated carbocycles. The number of hydrogen-bond acceptors (Lipinski definition) is 6. The Kier molecular flexibility index (Phi) is 9.89. The number of hydrogen-bond donors (Lipinski definition) is 6. The van der Waals surface area contributed by atoms with Crippen LogP contribution in [0.15, 0.2) is 0 Å². The van der Waals surface area contributed by atoms with E-state index in [0.29, 0.717) is 6.41 Å². The SMILES string of the molecule is NC(=O)CNC(=O)CNC(=O)CNC(=O)CNC(=O)CNC=O. The Balaban J connectivity index is 3.77.